The number of pyridine rings is 1. The van der Waals surface area contributed by atoms with Gasteiger partial charge in [-0.2, -0.15) is 0 Å². The maximum absolute atomic E-state index is 10.3. The molecule has 0 aliphatic carbocycles. The van der Waals surface area contributed by atoms with Crippen LogP contribution in [-0.2, 0) is 6.54 Å². The van der Waals surface area contributed by atoms with Crippen molar-refractivity contribution in [2.75, 3.05) is 6.61 Å². The van der Waals surface area contributed by atoms with E-state index in [2.05, 4.69) is 20.5 Å². The van der Waals surface area contributed by atoms with Crippen molar-refractivity contribution in [2.24, 2.45) is 0 Å². The van der Waals surface area contributed by atoms with E-state index >= 15 is 0 Å². The van der Waals surface area contributed by atoms with Crippen molar-refractivity contribution in [1.82, 2.24) is 25.2 Å². The Kier molecular flexibility index (Phi) is 4.81. The van der Waals surface area contributed by atoms with Crippen LogP contribution in [0.2, 0.25) is 0 Å². The standard InChI is InChI=1S/C17H19N5O2/c1-12-6-5-7-13(2)16(12)24-11-14(23)10-22-17(19-20-21-22)15-8-3-4-9-18-15/h3-9,14,23H,10-11H2,1-2H3. The van der Waals surface area contributed by atoms with E-state index in [0.29, 0.717) is 11.5 Å². The van der Waals surface area contributed by atoms with Crippen molar-refractivity contribution in [3.63, 3.8) is 0 Å². The third-order valence-electron chi connectivity index (χ3n) is 3.64. The van der Waals surface area contributed by atoms with Gasteiger partial charge in [0.05, 0.1) is 6.54 Å². The molecule has 0 radical (unpaired) electrons. The summed E-state index contributed by atoms with van der Waals surface area (Å²) in [6.45, 7) is 4.35. The minimum absolute atomic E-state index is 0.160. The number of hydrogen-bond acceptors (Lipinski definition) is 6. The monoisotopic (exact) mass is 325 g/mol. The van der Waals surface area contributed by atoms with Crippen LogP contribution >= 0.6 is 0 Å². The van der Waals surface area contributed by atoms with Crippen LogP contribution < -0.4 is 4.74 Å². The Bertz CT molecular complexity index is 784. The fourth-order valence-electron chi connectivity index (χ4n) is 2.46. The van der Waals surface area contributed by atoms with Crippen molar-refractivity contribution in [2.45, 2.75) is 26.5 Å². The molecule has 0 fully saturated rings. The molecule has 0 saturated carbocycles. The molecule has 7 heteroatoms. The molecule has 0 bridgehead atoms. The number of aromatic nitrogens is 5. The Morgan fingerprint density at radius 1 is 1.12 bits per heavy atom. The average Bonchev–Trinajstić information content (AvgIpc) is 3.03. The number of aliphatic hydroxyl groups is 1. The highest BCUT2D eigenvalue weighted by molar-refractivity contribution is 5.47. The van der Waals surface area contributed by atoms with Gasteiger partial charge >= 0.3 is 0 Å². The van der Waals surface area contributed by atoms with Crippen LogP contribution in [0.25, 0.3) is 11.5 Å². The molecule has 1 unspecified atom stereocenters. The Labute approximate surface area is 139 Å². The van der Waals surface area contributed by atoms with E-state index in [1.807, 2.05) is 50.2 Å². The van der Waals surface area contributed by atoms with E-state index in [-0.39, 0.29) is 13.2 Å². The predicted octanol–water partition coefficient (Wildman–Crippen LogP) is 1.79. The summed E-state index contributed by atoms with van der Waals surface area (Å²) in [7, 11) is 0. The Balaban J connectivity index is 1.66. The highest BCUT2D eigenvalue weighted by Gasteiger charge is 2.15. The van der Waals surface area contributed by atoms with E-state index < -0.39 is 6.10 Å². The van der Waals surface area contributed by atoms with Crippen molar-refractivity contribution in [3.05, 3.63) is 53.7 Å². The molecule has 1 atom stereocenters. The summed E-state index contributed by atoms with van der Waals surface area (Å²) in [5.41, 5.74) is 2.74. The predicted molar refractivity (Wildman–Crippen MR) is 88.5 cm³/mol. The Morgan fingerprint density at radius 2 is 1.92 bits per heavy atom. The van der Waals surface area contributed by atoms with Gasteiger partial charge in [0.1, 0.15) is 24.2 Å². The molecule has 1 N–H and O–H groups in total. The van der Waals surface area contributed by atoms with Crippen LogP contribution in [0.5, 0.6) is 5.75 Å². The van der Waals surface area contributed by atoms with Crippen LogP contribution in [0.15, 0.2) is 42.6 Å². The number of aliphatic hydroxyl groups excluding tert-OH is 1. The van der Waals surface area contributed by atoms with Crippen LogP contribution in [0.1, 0.15) is 11.1 Å². The first-order valence-corrected chi connectivity index (χ1v) is 7.70. The summed E-state index contributed by atoms with van der Waals surface area (Å²) in [4.78, 5) is 4.23. The average molecular weight is 325 g/mol. The van der Waals surface area contributed by atoms with E-state index in [0.717, 1.165) is 16.9 Å². The van der Waals surface area contributed by atoms with Crippen molar-refractivity contribution in [3.8, 4) is 17.3 Å². The maximum Gasteiger partial charge on any atom is 0.200 e. The van der Waals surface area contributed by atoms with Gasteiger partial charge in [-0.1, -0.05) is 24.3 Å². The molecule has 0 amide bonds. The summed E-state index contributed by atoms with van der Waals surface area (Å²) in [6.07, 6.45) is 0.935. The Morgan fingerprint density at radius 3 is 2.62 bits per heavy atom. The molecule has 0 aliphatic heterocycles. The fourth-order valence-corrected chi connectivity index (χ4v) is 2.46. The van der Waals surface area contributed by atoms with Gasteiger partial charge in [0.2, 0.25) is 5.82 Å². The second-order valence-corrected chi connectivity index (χ2v) is 5.59. The van der Waals surface area contributed by atoms with Gasteiger partial charge in [-0.15, -0.1) is 5.10 Å². The van der Waals surface area contributed by atoms with Crippen LogP contribution in [-0.4, -0.2) is 43.0 Å². The number of aryl methyl sites for hydroxylation is 2. The van der Waals surface area contributed by atoms with E-state index in [4.69, 9.17) is 4.74 Å². The molecule has 0 saturated heterocycles. The highest BCUT2D eigenvalue weighted by atomic mass is 16.5. The summed E-state index contributed by atoms with van der Waals surface area (Å²) in [5.74, 6) is 1.32. The lowest BCUT2D eigenvalue weighted by Crippen LogP contribution is -2.25. The molecule has 0 aliphatic rings. The summed E-state index contributed by atoms with van der Waals surface area (Å²) in [5, 5.41) is 21.8. The first-order valence-electron chi connectivity index (χ1n) is 7.70. The second kappa shape index (κ2) is 7.18. The second-order valence-electron chi connectivity index (χ2n) is 5.59. The zero-order chi connectivity index (χ0) is 16.9. The third kappa shape index (κ3) is 3.57. The lowest BCUT2D eigenvalue weighted by Gasteiger charge is -2.15. The van der Waals surface area contributed by atoms with Crippen LogP contribution in [0.4, 0.5) is 0 Å². The number of para-hydroxylation sites is 1. The van der Waals surface area contributed by atoms with Gasteiger partial charge in [0.25, 0.3) is 0 Å². The zero-order valence-electron chi connectivity index (χ0n) is 13.6. The fraction of sp³-hybridized carbons (Fsp3) is 0.294. The highest BCUT2D eigenvalue weighted by Crippen LogP contribution is 2.22. The summed E-state index contributed by atoms with van der Waals surface area (Å²) < 4.78 is 7.30. The van der Waals surface area contributed by atoms with E-state index in [1.165, 1.54) is 4.68 Å². The molecule has 1 aromatic carbocycles. The van der Waals surface area contributed by atoms with Gasteiger partial charge in [0, 0.05) is 6.20 Å². The van der Waals surface area contributed by atoms with Crippen molar-refractivity contribution < 1.29 is 9.84 Å². The maximum atomic E-state index is 10.3. The molecule has 2 aromatic heterocycles. The Hall–Kier alpha value is -2.80. The molecule has 3 rings (SSSR count). The van der Waals surface area contributed by atoms with Crippen LogP contribution in [0, 0.1) is 13.8 Å². The normalized spacial score (nSPS) is 12.1. The van der Waals surface area contributed by atoms with E-state index in [9.17, 15) is 5.11 Å². The first kappa shape index (κ1) is 16.1. The topological polar surface area (TPSA) is 86.0 Å². The van der Waals surface area contributed by atoms with Crippen molar-refractivity contribution in [1.29, 1.82) is 0 Å². The lowest BCUT2D eigenvalue weighted by atomic mass is 10.1. The van der Waals surface area contributed by atoms with Gasteiger partial charge in [-0.05, 0) is 47.5 Å². The smallest absolute Gasteiger partial charge is 0.200 e. The van der Waals surface area contributed by atoms with E-state index in [1.54, 1.807) is 6.20 Å². The molecular weight excluding hydrogens is 306 g/mol. The summed E-state index contributed by atoms with van der Waals surface area (Å²) >= 11 is 0. The third-order valence-corrected chi connectivity index (χ3v) is 3.64. The molecular formula is C17H19N5O2. The van der Waals surface area contributed by atoms with Gasteiger partial charge in [0.15, 0.2) is 0 Å². The molecule has 124 valence electrons. The molecule has 2 heterocycles. The van der Waals surface area contributed by atoms with Gasteiger partial charge in [-0.3, -0.25) is 4.98 Å². The van der Waals surface area contributed by atoms with Crippen molar-refractivity contribution >= 4 is 0 Å². The molecule has 7 nitrogen and oxygen atoms in total. The van der Waals surface area contributed by atoms with Gasteiger partial charge < -0.3 is 9.84 Å². The molecule has 3 aromatic rings. The number of rotatable bonds is 6. The number of nitrogens with zero attached hydrogens (tertiary/aromatic N) is 5. The molecule has 24 heavy (non-hydrogen) atoms. The van der Waals surface area contributed by atoms with Gasteiger partial charge in [-0.25, -0.2) is 4.68 Å². The lowest BCUT2D eigenvalue weighted by molar-refractivity contribution is 0.0886. The van der Waals surface area contributed by atoms with Crippen LogP contribution in [0.3, 0.4) is 0 Å². The summed E-state index contributed by atoms with van der Waals surface area (Å²) in [6, 6.07) is 11.5. The minimum atomic E-state index is -0.741. The first-order chi connectivity index (χ1) is 11.6. The SMILES string of the molecule is Cc1cccc(C)c1OCC(O)Cn1nnnc1-c1ccccn1. The zero-order valence-corrected chi connectivity index (χ0v) is 13.6. The number of tetrazole rings is 1. The number of ether oxygens (including phenoxy) is 1. The quantitative estimate of drug-likeness (QED) is 0.743. The number of benzene rings is 1. The molecule has 0 spiro atoms. The minimum Gasteiger partial charge on any atom is -0.490 e. The number of hydrogen-bond donors (Lipinski definition) is 1. The largest absolute Gasteiger partial charge is 0.490 e.